The Hall–Kier alpha value is -3.12. The number of sulfonamides is 1. The zero-order chi connectivity index (χ0) is 20.0. The van der Waals surface area contributed by atoms with Crippen LogP contribution in [0.5, 0.6) is 0 Å². The lowest BCUT2D eigenvalue weighted by Crippen LogP contribution is -2.13. The van der Waals surface area contributed by atoms with Crippen LogP contribution in [0.4, 0.5) is 5.69 Å². The molecular formula is C22H21NO4S. The summed E-state index contributed by atoms with van der Waals surface area (Å²) in [6.07, 6.45) is 0.155. The number of ether oxygens (including phenoxy) is 1. The molecule has 0 fully saturated rings. The van der Waals surface area contributed by atoms with Crippen molar-refractivity contribution < 1.29 is 17.9 Å². The zero-order valence-electron chi connectivity index (χ0n) is 15.5. The van der Waals surface area contributed by atoms with Crippen molar-refractivity contribution in [1.82, 2.24) is 0 Å². The van der Waals surface area contributed by atoms with Crippen molar-refractivity contribution in [3.63, 3.8) is 0 Å². The van der Waals surface area contributed by atoms with Gasteiger partial charge in [-0.2, -0.15) is 0 Å². The molecule has 3 rings (SSSR count). The van der Waals surface area contributed by atoms with E-state index in [1.807, 2.05) is 30.3 Å². The molecular weight excluding hydrogens is 374 g/mol. The number of carbonyl (C=O) groups is 1. The smallest absolute Gasteiger partial charge is 0.310 e. The molecule has 0 heterocycles. The number of rotatable bonds is 7. The van der Waals surface area contributed by atoms with E-state index < -0.39 is 10.0 Å². The fourth-order valence-electron chi connectivity index (χ4n) is 2.74. The molecule has 5 nitrogen and oxygen atoms in total. The highest BCUT2D eigenvalue weighted by molar-refractivity contribution is 7.92. The van der Waals surface area contributed by atoms with E-state index in [1.165, 1.54) is 0 Å². The summed E-state index contributed by atoms with van der Waals surface area (Å²) >= 11 is 0. The van der Waals surface area contributed by atoms with Gasteiger partial charge in [-0.15, -0.1) is 0 Å². The molecule has 0 aromatic heterocycles. The fraction of sp³-hybridized carbons (Fsp3) is 0.136. The fourth-order valence-corrected chi connectivity index (χ4v) is 3.80. The second-order valence-corrected chi connectivity index (χ2v) is 7.86. The Morgan fingerprint density at radius 1 is 0.857 bits per heavy atom. The van der Waals surface area contributed by atoms with Crippen molar-refractivity contribution in [2.45, 2.75) is 18.2 Å². The van der Waals surface area contributed by atoms with Gasteiger partial charge >= 0.3 is 5.97 Å². The van der Waals surface area contributed by atoms with E-state index in [2.05, 4.69) is 4.72 Å². The van der Waals surface area contributed by atoms with Gasteiger partial charge in [0.25, 0.3) is 10.0 Å². The Morgan fingerprint density at radius 3 is 2.07 bits per heavy atom. The summed E-state index contributed by atoms with van der Waals surface area (Å²) in [5.41, 5.74) is 3.16. The molecule has 1 N–H and O–H groups in total. The van der Waals surface area contributed by atoms with Gasteiger partial charge in [0.2, 0.25) is 0 Å². The van der Waals surface area contributed by atoms with Crippen LogP contribution in [0.3, 0.4) is 0 Å². The summed E-state index contributed by atoms with van der Waals surface area (Å²) in [6, 6.07) is 23.2. The predicted molar refractivity (Wildman–Crippen MR) is 109 cm³/mol. The molecule has 0 aliphatic heterocycles. The Balaban J connectivity index is 1.70. The summed E-state index contributed by atoms with van der Waals surface area (Å²) in [6.45, 7) is 2.09. The van der Waals surface area contributed by atoms with Crippen LogP contribution in [0, 0.1) is 0 Å². The first-order chi connectivity index (χ1) is 13.5. The number of nitrogens with one attached hydrogen (secondary N) is 1. The maximum atomic E-state index is 12.6. The van der Waals surface area contributed by atoms with Crippen LogP contribution in [0.1, 0.15) is 12.5 Å². The van der Waals surface area contributed by atoms with Crippen LogP contribution >= 0.6 is 0 Å². The minimum atomic E-state index is -3.70. The first kappa shape index (κ1) is 19.6. The van der Waals surface area contributed by atoms with Crippen molar-refractivity contribution in [2.75, 3.05) is 11.3 Å². The normalized spacial score (nSPS) is 11.0. The molecule has 0 saturated carbocycles. The summed E-state index contributed by atoms with van der Waals surface area (Å²) in [5.74, 6) is -0.311. The minimum absolute atomic E-state index is 0.155. The number of benzene rings is 3. The largest absolute Gasteiger partial charge is 0.466 e. The molecule has 0 amide bonds. The number of carbonyl (C=O) groups excluding carboxylic acids is 1. The highest BCUT2D eigenvalue weighted by atomic mass is 32.2. The summed E-state index contributed by atoms with van der Waals surface area (Å²) < 4.78 is 32.7. The SMILES string of the molecule is CCOC(=O)Cc1ccc(NS(=O)(=O)c2ccc(-c3ccccc3)cc2)cc1. The molecule has 3 aromatic rings. The van der Waals surface area contributed by atoms with E-state index in [1.54, 1.807) is 55.5 Å². The van der Waals surface area contributed by atoms with Gasteiger partial charge in [-0.1, -0.05) is 54.6 Å². The zero-order valence-corrected chi connectivity index (χ0v) is 16.3. The van der Waals surface area contributed by atoms with Crippen LogP contribution in [-0.4, -0.2) is 21.0 Å². The molecule has 6 heteroatoms. The number of hydrogen-bond acceptors (Lipinski definition) is 4. The van der Waals surface area contributed by atoms with Crippen molar-refractivity contribution in [1.29, 1.82) is 0 Å². The van der Waals surface area contributed by atoms with Crippen LogP contribution in [-0.2, 0) is 26.0 Å². The van der Waals surface area contributed by atoms with Crippen LogP contribution in [0.25, 0.3) is 11.1 Å². The lowest BCUT2D eigenvalue weighted by atomic mass is 10.1. The van der Waals surface area contributed by atoms with Gasteiger partial charge < -0.3 is 4.74 Å². The van der Waals surface area contributed by atoms with Crippen molar-refractivity contribution >= 4 is 21.7 Å². The van der Waals surface area contributed by atoms with Crippen LogP contribution < -0.4 is 4.72 Å². The van der Waals surface area contributed by atoms with Crippen LogP contribution in [0.15, 0.2) is 83.8 Å². The molecule has 0 bridgehead atoms. The number of hydrogen-bond donors (Lipinski definition) is 1. The standard InChI is InChI=1S/C22H21NO4S/c1-2-27-22(24)16-17-8-12-20(13-9-17)23-28(25,26)21-14-10-19(11-15-21)18-6-4-3-5-7-18/h3-15,23H,2,16H2,1H3. The molecule has 0 spiro atoms. The third-order valence-electron chi connectivity index (χ3n) is 4.13. The van der Waals surface area contributed by atoms with Gasteiger partial charge in [-0.05, 0) is 47.9 Å². The summed E-state index contributed by atoms with van der Waals surface area (Å²) in [5, 5.41) is 0. The Kier molecular flexibility index (Phi) is 6.11. The first-order valence-electron chi connectivity index (χ1n) is 8.91. The van der Waals surface area contributed by atoms with E-state index in [0.717, 1.165) is 16.7 Å². The average Bonchev–Trinajstić information content (AvgIpc) is 2.70. The first-order valence-corrected chi connectivity index (χ1v) is 10.4. The molecule has 0 saturated heterocycles. The maximum absolute atomic E-state index is 12.6. The quantitative estimate of drug-likeness (QED) is 0.607. The van der Waals surface area contributed by atoms with Crippen molar-refractivity contribution in [2.24, 2.45) is 0 Å². The molecule has 0 aliphatic carbocycles. The third kappa shape index (κ3) is 4.98. The number of esters is 1. The molecule has 0 atom stereocenters. The maximum Gasteiger partial charge on any atom is 0.310 e. The molecule has 0 unspecified atom stereocenters. The molecule has 3 aromatic carbocycles. The topological polar surface area (TPSA) is 72.5 Å². The Bertz CT molecular complexity index is 1030. The van der Waals surface area contributed by atoms with Crippen molar-refractivity contribution in [3.05, 3.63) is 84.4 Å². The van der Waals surface area contributed by atoms with Gasteiger partial charge in [0.1, 0.15) is 0 Å². The molecule has 0 radical (unpaired) electrons. The van der Waals surface area contributed by atoms with Crippen LogP contribution in [0.2, 0.25) is 0 Å². The van der Waals surface area contributed by atoms with E-state index in [4.69, 9.17) is 4.74 Å². The van der Waals surface area contributed by atoms with E-state index >= 15 is 0 Å². The van der Waals surface area contributed by atoms with Gasteiger partial charge in [0.05, 0.1) is 17.9 Å². The highest BCUT2D eigenvalue weighted by Gasteiger charge is 2.14. The highest BCUT2D eigenvalue weighted by Crippen LogP contribution is 2.22. The lowest BCUT2D eigenvalue weighted by Gasteiger charge is -2.10. The average molecular weight is 395 g/mol. The van der Waals surface area contributed by atoms with Gasteiger partial charge in [-0.3, -0.25) is 9.52 Å². The molecule has 144 valence electrons. The molecule has 0 aliphatic rings. The van der Waals surface area contributed by atoms with Gasteiger partial charge in [0, 0.05) is 5.69 Å². The lowest BCUT2D eigenvalue weighted by molar-refractivity contribution is -0.142. The predicted octanol–water partition coefficient (Wildman–Crippen LogP) is 4.26. The monoisotopic (exact) mass is 395 g/mol. The second kappa shape index (κ2) is 8.71. The van der Waals surface area contributed by atoms with E-state index in [9.17, 15) is 13.2 Å². The van der Waals surface area contributed by atoms with E-state index in [0.29, 0.717) is 12.3 Å². The van der Waals surface area contributed by atoms with Crippen molar-refractivity contribution in [3.8, 4) is 11.1 Å². The second-order valence-electron chi connectivity index (χ2n) is 6.17. The minimum Gasteiger partial charge on any atom is -0.466 e. The third-order valence-corrected chi connectivity index (χ3v) is 5.53. The molecule has 28 heavy (non-hydrogen) atoms. The van der Waals surface area contributed by atoms with E-state index in [-0.39, 0.29) is 17.3 Å². The van der Waals surface area contributed by atoms with Gasteiger partial charge in [-0.25, -0.2) is 8.42 Å². The summed E-state index contributed by atoms with van der Waals surface area (Å²) in [4.78, 5) is 11.7. The van der Waals surface area contributed by atoms with Gasteiger partial charge in [0.15, 0.2) is 0 Å². The number of anilines is 1. The summed E-state index contributed by atoms with van der Waals surface area (Å²) in [7, 11) is -3.70. The Labute approximate surface area is 165 Å². The Morgan fingerprint density at radius 2 is 1.46 bits per heavy atom.